The zero-order chi connectivity index (χ0) is 13.5. The molecule has 2 atom stereocenters. The Labute approximate surface area is 116 Å². The fourth-order valence-electron chi connectivity index (χ4n) is 3.31. The first-order valence-electron chi connectivity index (χ1n) is 7.97. The molecule has 3 nitrogen and oxygen atoms in total. The van der Waals surface area contributed by atoms with Crippen LogP contribution in [0.5, 0.6) is 0 Å². The van der Waals surface area contributed by atoms with Gasteiger partial charge in [0.2, 0.25) is 0 Å². The van der Waals surface area contributed by atoms with Crippen molar-refractivity contribution in [2.45, 2.75) is 83.2 Å². The zero-order valence-electron chi connectivity index (χ0n) is 11.9. The van der Waals surface area contributed by atoms with Gasteiger partial charge in [0.25, 0.3) is 0 Å². The van der Waals surface area contributed by atoms with E-state index in [0.29, 0.717) is 24.5 Å². The Morgan fingerprint density at radius 1 is 0.789 bits per heavy atom. The number of ether oxygens (including phenoxy) is 1. The van der Waals surface area contributed by atoms with Crippen LogP contribution in [-0.2, 0) is 14.3 Å². The molecule has 108 valence electrons. The number of carbonyl (C=O) groups is 2. The second kappa shape index (κ2) is 7.66. The molecule has 1 heterocycles. The average Bonchev–Trinajstić information content (AvgIpc) is 2.79. The van der Waals surface area contributed by atoms with Crippen LogP contribution in [0.2, 0.25) is 0 Å². The largest absolute Gasteiger partial charge is 0.462 e. The normalized spacial score (nSPS) is 31.4. The van der Waals surface area contributed by atoms with Crippen molar-refractivity contribution in [3.8, 4) is 0 Å². The van der Waals surface area contributed by atoms with Gasteiger partial charge in [-0.15, -0.1) is 0 Å². The number of Topliss-reactive ketones (excluding diaryl/α,β-unsaturated/α-hetero) is 1. The molecule has 0 spiro atoms. The smallest absolute Gasteiger partial charge is 0.306 e. The SMILES string of the molecule is O=C1CCCCCCCCC(=O)O[C@H]2CCC[C@H]2C1. The quantitative estimate of drug-likeness (QED) is 0.626. The molecule has 3 heteroatoms. The third-order valence-corrected chi connectivity index (χ3v) is 4.45. The summed E-state index contributed by atoms with van der Waals surface area (Å²) in [5.74, 6) is 0.603. The van der Waals surface area contributed by atoms with E-state index in [4.69, 9.17) is 4.74 Å². The molecule has 0 amide bonds. The van der Waals surface area contributed by atoms with Gasteiger partial charge in [-0.05, 0) is 32.1 Å². The lowest BCUT2D eigenvalue weighted by Gasteiger charge is -2.20. The molecule has 19 heavy (non-hydrogen) atoms. The maximum atomic E-state index is 11.9. The number of hydrogen-bond donors (Lipinski definition) is 0. The molecule has 1 saturated heterocycles. The van der Waals surface area contributed by atoms with Crippen molar-refractivity contribution < 1.29 is 14.3 Å². The van der Waals surface area contributed by atoms with Crippen LogP contribution in [0.1, 0.15) is 77.0 Å². The first-order valence-corrected chi connectivity index (χ1v) is 7.97. The maximum absolute atomic E-state index is 11.9. The van der Waals surface area contributed by atoms with Gasteiger partial charge in [0.1, 0.15) is 11.9 Å². The number of fused-ring (bicyclic) bond motifs is 1. The lowest BCUT2D eigenvalue weighted by Crippen LogP contribution is -2.24. The minimum Gasteiger partial charge on any atom is -0.462 e. The summed E-state index contributed by atoms with van der Waals surface area (Å²) < 4.78 is 5.58. The fourth-order valence-corrected chi connectivity index (χ4v) is 3.31. The van der Waals surface area contributed by atoms with Crippen molar-refractivity contribution in [3.05, 3.63) is 0 Å². The van der Waals surface area contributed by atoms with Crippen LogP contribution in [-0.4, -0.2) is 17.9 Å². The highest BCUT2D eigenvalue weighted by Crippen LogP contribution is 2.32. The van der Waals surface area contributed by atoms with Gasteiger partial charge in [0.05, 0.1) is 0 Å². The second-order valence-electron chi connectivity index (χ2n) is 6.08. The van der Waals surface area contributed by atoms with Crippen molar-refractivity contribution in [3.63, 3.8) is 0 Å². The van der Waals surface area contributed by atoms with Gasteiger partial charge in [-0.2, -0.15) is 0 Å². The summed E-state index contributed by atoms with van der Waals surface area (Å²) in [6, 6.07) is 0. The molecule has 1 aliphatic heterocycles. The topological polar surface area (TPSA) is 43.4 Å². The van der Waals surface area contributed by atoms with E-state index in [9.17, 15) is 9.59 Å². The van der Waals surface area contributed by atoms with Crippen molar-refractivity contribution in [2.24, 2.45) is 5.92 Å². The molecular formula is C16H26O3. The van der Waals surface area contributed by atoms with E-state index in [1.807, 2.05) is 0 Å². The van der Waals surface area contributed by atoms with Gasteiger partial charge < -0.3 is 4.74 Å². The van der Waals surface area contributed by atoms with Crippen LogP contribution in [0, 0.1) is 5.92 Å². The summed E-state index contributed by atoms with van der Waals surface area (Å²) in [7, 11) is 0. The van der Waals surface area contributed by atoms with E-state index in [0.717, 1.165) is 51.4 Å². The van der Waals surface area contributed by atoms with Crippen molar-refractivity contribution in [1.82, 2.24) is 0 Å². The Balaban J connectivity index is 1.89. The van der Waals surface area contributed by atoms with Crippen LogP contribution in [0.15, 0.2) is 0 Å². The first-order chi connectivity index (χ1) is 9.25. The Morgan fingerprint density at radius 2 is 1.47 bits per heavy atom. The number of hydrogen-bond acceptors (Lipinski definition) is 3. The number of rotatable bonds is 0. The molecule has 0 bridgehead atoms. The average molecular weight is 266 g/mol. The molecule has 2 aliphatic rings. The predicted molar refractivity (Wildman–Crippen MR) is 73.8 cm³/mol. The number of ketones is 1. The third-order valence-electron chi connectivity index (χ3n) is 4.45. The standard InChI is InChI=1S/C16H26O3/c17-14-9-5-3-1-2-4-6-11-16(18)19-15-10-7-8-13(15)12-14/h13,15H,1-12H2/t13-,15-/m0/s1. The van der Waals surface area contributed by atoms with Crippen molar-refractivity contribution in [2.75, 3.05) is 0 Å². The highest BCUT2D eigenvalue weighted by atomic mass is 16.5. The van der Waals surface area contributed by atoms with Crippen LogP contribution in [0.4, 0.5) is 0 Å². The molecule has 2 fully saturated rings. The van der Waals surface area contributed by atoms with E-state index in [2.05, 4.69) is 0 Å². The molecule has 1 saturated carbocycles. The van der Waals surface area contributed by atoms with Gasteiger partial charge in [0, 0.05) is 25.2 Å². The summed E-state index contributed by atoms with van der Waals surface area (Å²) in [6.07, 6.45) is 11.6. The van der Waals surface area contributed by atoms with Crippen LogP contribution in [0.25, 0.3) is 0 Å². The second-order valence-corrected chi connectivity index (χ2v) is 6.08. The predicted octanol–water partition coefficient (Wildman–Crippen LogP) is 3.79. The molecule has 0 aromatic heterocycles. The van der Waals surface area contributed by atoms with Gasteiger partial charge >= 0.3 is 5.97 Å². The van der Waals surface area contributed by atoms with Crippen LogP contribution < -0.4 is 0 Å². The fraction of sp³-hybridized carbons (Fsp3) is 0.875. The van der Waals surface area contributed by atoms with E-state index < -0.39 is 0 Å². The molecular weight excluding hydrogens is 240 g/mol. The van der Waals surface area contributed by atoms with E-state index in [1.165, 1.54) is 12.8 Å². The Morgan fingerprint density at radius 3 is 2.26 bits per heavy atom. The highest BCUT2D eigenvalue weighted by Gasteiger charge is 2.31. The third kappa shape index (κ3) is 4.96. The van der Waals surface area contributed by atoms with Gasteiger partial charge in [-0.25, -0.2) is 0 Å². The monoisotopic (exact) mass is 266 g/mol. The summed E-state index contributed by atoms with van der Waals surface area (Å²) in [4.78, 5) is 23.7. The summed E-state index contributed by atoms with van der Waals surface area (Å²) in [6.45, 7) is 0. The Hall–Kier alpha value is -0.860. The Kier molecular flexibility index (Phi) is 5.87. The first kappa shape index (κ1) is 14.5. The molecule has 0 aromatic carbocycles. The summed E-state index contributed by atoms with van der Waals surface area (Å²) in [5.41, 5.74) is 0. The molecule has 0 radical (unpaired) electrons. The van der Waals surface area contributed by atoms with Crippen molar-refractivity contribution >= 4 is 11.8 Å². The highest BCUT2D eigenvalue weighted by molar-refractivity contribution is 5.78. The lowest BCUT2D eigenvalue weighted by atomic mass is 9.95. The van der Waals surface area contributed by atoms with Gasteiger partial charge in [-0.3, -0.25) is 9.59 Å². The molecule has 0 N–H and O–H groups in total. The van der Waals surface area contributed by atoms with Gasteiger partial charge in [0.15, 0.2) is 0 Å². The molecule has 1 aliphatic carbocycles. The van der Waals surface area contributed by atoms with Crippen LogP contribution in [0.3, 0.4) is 0 Å². The number of esters is 1. The minimum atomic E-state index is -0.0543. The maximum Gasteiger partial charge on any atom is 0.306 e. The Bertz CT molecular complexity index is 281. The van der Waals surface area contributed by atoms with Crippen molar-refractivity contribution in [1.29, 1.82) is 0 Å². The summed E-state index contributed by atoms with van der Waals surface area (Å²) in [5, 5.41) is 0. The summed E-state index contributed by atoms with van der Waals surface area (Å²) >= 11 is 0. The molecule has 0 aromatic rings. The van der Waals surface area contributed by atoms with E-state index in [-0.39, 0.29) is 12.1 Å². The van der Waals surface area contributed by atoms with Crippen LogP contribution >= 0.6 is 0 Å². The van der Waals surface area contributed by atoms with E-state index >= 15 is 0 Å². The van der Waals surface area contributed by atoms with Gasteiger partial charge in [-0.1, -0.05) is 25.7 Å². The lowest BCUT2D eigenvalue weighted by molar-refractivity contribution is -0.151. The molecule has 2 rings (SSSR count). The van der Waals surface area contributed by atoms with E-state index in [1.54, 1.807) is 0 Å². The number of carbonyl (C=O) groups excluding carboxylic acids is 2. The molecule has 0 unspecified atom stereocenters. The minimum absolute atomic E-state index is 0.0133. The zero-order valence-corrected chi connectivity index (χ0v) is 11.9.